The number of H-pyrrole nitrogens is 1. The second-order valence-corrected chi connectivity index (χ2v) is 11.5. The van der Waals surface area contributed by atoms with Crippen molar-refractivity contribution >= 4 is 34.1 Å². The van der Waals surface area contributed by atoms with Gasteiger partial charge in [0, 0.05) is 52.2 Å². The first-order chi connectivity index (χ1) is 20.2. The summed E-state index contributed by atoms with van der Waals surface area (Å²) in [5.41, 5.74) is 12.1. The highest BCUT2D eigenvalue weighted by molar-refractivity contribution is 6.31. The summed E-state index contributed by atoms with van der Waals surface area (Å²) in [4.78, 5) is 19.4. The molecule has 1 unspecified atom stereocenters. The molecule has 0 aliphatic carbocycles. The van der Waals surface area contributed by atoms with Gasteiger partial charge in [0.15, 0.2) is 0 Å². The van der Waals surface area contributed by atoms with Crippen LogP contribution in [0.15, 0.2) is 84.9 Å². The van der Waals surface area contributed by atoms with Gasteiger partial charge in [0.05, 0.1) is 6.04 Å². The van der Waals surface area contributed by atoms with E-state index in [1.165, 1.54) is 18.2 Å². The predicted molar refractivity (Wildman–Crippen MR) is 167 cm³/mol. The second kappa shape index (κ2) is 11.5. The minimum atomic E-state index is -0.847. The summed E-state index contributed by atoms with van der Waals surface area (Å²) in [5, 5.41) is 15.1. The molecule has 0 spiro atoms. The highest BCUT2D eigenvalue weighted by atomic mass is 35.5. The van der Waals surface area contributed by atoms with E-state index in [0.717, 1.165) is 59.2 Å². The number of fused-ring (bicyclic) bond motifs is 1. The van der Waals surface area contributed by atoms with E-state index in [1.54, 1.807) is 12.1 Å². The van der Waals surface area contributed by atoms with Crippen LogP contribution in [0.5, 0.6) is 5.75 Å². The zero-order valence-corrected chi connectivity index (χ0v) is 24.0. The summed E-state index contributed by atoms with van der Waals surface area (Å²) < 4.78 is 14.3. The van der Waals surface area contributed by atoms with Crippen molar-refractivity contribution in [3.05, 3.63) is 118 Å². The number of hydrogen-bond donors (Lipinski definition) is 4. The Kier molecular flexibility index (Phi) is 7.62. The van der Waals surface area contributed by atoms with Crippen LogP contribution in [0, 0.1) is 12.7 Å². The molecule has 0 radical (unpaired) electrons. The van der Waals surface area contributed by atoms with Gasteiger partial charge in [-0.15, -0.1) is 0 Å². The van der Waals surface area contributed by atoms with E-state index in [0.29, 0.717) is 16.3 Å². The van der Waals surface area contributed by atoms with Crippen molar-refractivity contribution in [3.63, 3.8) is 0 Å². The van der Waals surface area contributed by atoms with Gasteiger partial charge in [0.2, 0.25) is 0 Å². The Balaban J connectivity index is 1.31. The summed E-state index contributed by atoms with van der Waals surface area (Å²) in [5.74, 6) is -0.999. The number of hydrogen-bond acceptors (Lipinski definition) is 4. The minimum absolute atomic E-state index is 0.126. The quantitative estimate of drug-likeness (QED) is 0.172. The first-order valence-electron chi connectivity index (χ1n) is 14.0. The topological polar surface area (TPSA) is 94.4 Å². The zero-order chi connectivity index (χ0) is 29.4. The molecule has 42 heavy (non-hydrogen) atoms. The molecule has 214 valence electrons. The molecule has 6 nitrogen and oxygen atoms in total. The molecule has 5 N–H and O–H groups in total. The lowest BCUT2D eigenvalue weighted by atomic mass is 9.98. The van der Waals surface area contributed by atoms with Gasteiger partial charge in [0.1, 0.15) is 11.6 Å². The number of nitrogens with two attached hydrogens (primary N) is 1. The Labute approximate surface area is 248 Å². The van der Waals surface area contributed by atoms with Crippen LogP contribution in [0.2, 0.25) is 5.02 Å². The van der Waals surface area contributed by atoms with E-state index in [2.05, 4.69) is 39.5 Å². The van der Waals surface area contributed by atoms with Crippen LogP contribution < -0.4 is 16.0 Å². The van der Waals surface area contributed by atoms with E-state index in [1.807, 2.05) is 37.3 Å². The average Bonchev–Trinajstić information content (AvgIpc) is 3.40. The third kappa shape index (κ3) is 5.84. The van der Waals surface area contributed by atoms with Crippen LogP contribution >= 0.6 is 11.6 Å². The fraction of sp³-hybridized carbons (Fsp3) is 0.206. The molecule has 1 aliphatic heterocycles. The van der Waals surface area contributed by atoms with Crippen LogP contribution in [0.3, 0.4) is 0 Å². The van der Waals surface area contributed by atoms with Crippen LogP contribution in [-0.2, 0) is 0 Å². The van der Waals surface area contributed by atoms with Gasteiger partial charge < -0.3 is 26.0 Å². The summed E-state index contributed by atoms with van der Waals surface area (Å²) in [6, 6.07) is 24.5. The molecule has 1 amide bonds. The molecule has 5 aromatic rings. The third-order valence-corrected chi connectivity index (χ3v) is 8.17. The van der Waals surface area contributed by atoms with Gasteiger partial charge in [-0.25, -0.2) is 4.39 Å². The number of carbonyl (C=O) groups excluding carboxylic acids is 1. The summed E-state index contributed by atoms with van der Waals surface area (Å²) in [7, 11) is 0. The number of halogens is 2. The molecular formula is C34H32ClFN4O2. The summed E-state index contributed by atoms with van der Waals surface area (Å²) >= 11 is 6.18. The SMILES string of the molecule is Cc1cc(C(=O)NC(c2cc3ccc(Cl)cc3[nH]2)c2cc(F)ccc2O)cc(-c2ccc(N3CCC(N)CC3)cc2)c1. The number of rotatable bonds is 6. The number of phenols is 1. The van der Waals surface area contributed by atoms with E-state index in [9.17, 15) is 14.3 Å². The van der Waals surface area contributed by atoms with Gasteiger partial charge >= 0.3 is 0 Å². The number of anilines is 1. The maximum absolute atomic E-state index is 14.3. The number of amides is 1. The van der Waals surface area contributed by atoms with Crippen LogP contribution in [0.4, 0.5) is 10.1 Å². The Hall–Kier alpha value is -4.33. The number of benzene rings is 4. The number of aromatic nitrogens is 1. The number of phenolic OH excluding ortho intramolecular Hbond substituents is 1. The number of aromatic amines is 1. The van der Waals surface area contributed by atoms with E-state index in [-0.39, 0.29) is 23.3 Å². The van der Waals surface area contributed by atoms with Gasteiger partial charge in [-0.05, 0) is 103 Å². The fourth-order valence-electron chi connectivity index (χ4n) is 5.67. The highest BCUT2D eigenvalue weighted by Crippen LogP contribution is 2.33. The lowest BCUT2D eigenvalue weighted by Gasteiger charge is -2.32. The van der Waals surface area contributed by atoms with Gasteiger partial charge in [-0.1, -0.05) is 35.9 Å². The third-order valence-electron chi connectivity index (χ3n) is 7.94. The molecule has 8 heteroatoms. The number of aromatic hydroxyl groups is 1. The Morgan fingerprint density at radius 1 is 1.00 bits per heavy atom. The summed E-state index contributed by atoms with van der Waals surface area (Å²) in [6.07, 6.45) is 1.97. The molecule has 1 aliphatic rings. The van der Waals surface area contributed by atoms with Crippen LogP contribution in [0.25, 0.3) is 22.0 Å². The van der Waals surface area contributed by atoms with Gasteiger partial charge in [-0.3, -0.25) is 4.79 Å². The Morgan fingerprint density at radius 3 is 2.52 bits per heavy atom. The van der Waals surface area contributed by atoms with E-state index >= 15 is 0 Å². The number of nitrogens with zero attached hydrogens (tertiary/aromatic N) is 1. The molecule has 1 aromatic heterocycles. The highest BCUT2D eigenvalue weighted by Gasteiger charge is 2.24. The van der Waals surface area contributed by atoms with Crippen LogP contribution in [0.1, 0.15) is 46.1 Å². The average molecular weight is 583 g/mol. The molecule has 2 heterocycles. The first kappa shape index (κ1) is 27.8. The predicted octanol–water partition coefficient (Wildman–Crippen LogP) is 7.09. The molecule has 0 bridgehead atoms. The second-order valence-electron chi connectivity index (χ2n) is 11.0. The van der Waals surface area contributed by atoms with Crippen molar-refractivity contribution in [1.82, 2.24) is 10.3 Å². The molecule has 0 saturated carbocycles. The van der Waals surface area contributed by atoms with Crippen molar-refractivity contribution in [3.8, 4) is 16.9 Å². The minimum Gasteiger partial charge on any atom is -0.508 e. The monoisotopic (exact) mass is 582 g/mol. The zero-order valence-electron chi connectivity index (χ0n) is 23.2. The first-order valence-corrected chi connectivity index (χ1v) is 14.4. The van der Waals surface area contributed by atoms with Crippen molar-refractivity contribution in [2.45, 2.75) is 31.8 Å². The smallest absolute Gasteiger partial charge is 0.252 e. The van der Waals surface area contributed by atoms with Crippen molar-refractivity contribution in [2.75, 3.05) is 18.0 Å². The number of aryl methyl sites for hydroxylation is 1. The maximum Gasteiger partial charge on any atom is 0.252 e. The normalized spacial score (nSPS) is 14.7. The number of piperidine rings is 1. The fourth-order valence-corrected chi connectivity index (χ4v) is 5.85. The number of nitrogens with one attached hydrogen (secondary N) is 2. The summed E-state index contributed by atoms with van der Waals surface area (Å²) in [6.45, 7) is 3.84. The standard InChI is InChI=1S/C34H32ClFN4O2/c1-20-14-23(21-3-7-28(8-4-21)40-12-10-27(37)11-13-40)16-24(15-20)34(42)39-33(29-19-26(36)6-9-32(29)41)31-17-22-2-5-25(35)18-30(22)38-31/h2-9,14-19,27,33,38,41H,10-13,37H2,1H3,(H,39,42). The lowest BCUT2D eigenvalue weighted by molar-refractivity contribution is 0.0942. The Bertz CT molecular complexity index is 1760. The van der Waals surface area contributed by atoms with Gasteiger partial charge in [-0.2, -0.15) is 0 Å². The van der Waals surface area contributed by atoms with Crippen LogP contribution in [-0.4, -0.2) is 35.1 Å². The maximum atomic E-state index is 14.3. The lowest BCUT2D eigenvalue weighted by Crippen LogP contribution is -2.39. The molecular weight excluding hydrogens is 551 g/mol. The van der Waals surface area contributed by atoms with Crippen molar-refractivity contribution < 1.29 is 14.3 Å². The van der Waals surface area contributed by atoms with Gasteiger partial charge in [0.25, 0.3) is 5.91 Å². The molecule has 4 aromatic carbocycles. The molecule has 1 fully saturated rings. The van der Waals surface area contributed by atoms with Crippen molar-refractivity contribution in [2.24, 2.45) is 5.73 Å². The molecule has 1 atom stereocenters. The molecule has 1 saturated heterocycles. The van der Waals surface area contributed by atoms with E-state index in [4.69, 9.17) is 17.3 Å². The number of carbonyl (C=O) groups is 1. The van der Waals surface area contributed by atoms with Crippen molar-refractivity contribution in [1.29, 1.82) is 0 Å². The Morgan fingerprint density at radius 2 is 1.76 bits per heavy atom. The molecule has 6 rings (SSSR count). The largest absolute Gasteiger partial charge is 0.508 e. The van der Waals surface area contributed by atoms with E-state index < -0.39 is 11.9 Å².